The number of rotatable bonds is 8. The van der Waals surface area contributed by atoms with Gasteiger partial charge in [0.15, 0.2) is 0 Å². The minimum absolute atomic E-state index is 0.0544. The zero-order valence-corrected chi connectivity index (χ0v) is 26.8. The summed E-state index contributed by atoms with van der Waals surface area (Å²) in [6.07, 6.45) is 0. The highest BCUT2D eigenvalue weighted by molar-refractivity contribution is 6.34. The number of ether oxygens (including phenoxy) is 4. The molecule has 1 saturated carbocycles. The maximum atomic E-state index is 13.9. The maximum absolute atomic E-state index is 13.9. The number of esters is 4. The summed E-state index contributed by atoms with van der Waals surface area (Å²) >= 11 is 0. The molecular formula is C40H32O8. The Balaban J connectivity index is 2.18. The molecular weight excluding hydrogens is 608 g/mol. The normalized spacial score (nSPS) is 11.9. The van der Waals surface area contributed by atoms with Crippen LogP contribution < -0.4 is 0 Å². The molecule has 8 heteroatoms. The van der Waals surface area contributed by atoms with Crippen LogP contribution in [0.15, 0.2) is 144 Å². The number of benzene rings is 4. The van der Waals surface area contributed by atoms with Gasteiger partial charge < -0.3 is 18.9 Å². The number of allylic oxidation sites excluding steroid dienone is 4. The summed E-state index contributed by atoms with van der Waals surface area (Å²) in [6, 6.07) is 34.9. The van der Waals surface area contributed by atoms with Crippen molar-refractivity contribution in [3.05, 3.63) is 166 Å². The van der Waals surface area contributed by atoms with Crippen molar-refractivity contribution in [1.29, 1.82) is 0 Å². The second-order valence-electron chi connectivity index (χ2n) is 10.4. The molecule has 240 valence electrons. The van der Waals surface area contributed by atoms with Gasteiger partial charge in [-0.25, -0.2) is 19.2 Å². The predicted octanol–water partition coefficient (Wildman–Crippen LogP) is 6.51. The summed E-state index contributed by atoms with van der Waals surface area (Å²) in [5, 5.41) is 0. The standard InChI is InChI=1S/C40H32O8/c1-45-37(41)29(25-17-9-5-10-18-25)33-34(30(38(42)46-2)26-19-11-6-12-20-26)36(32(40(44)48-4)28-23-15-8-16-24-28)35(33)31(39(43)47-3)27-21-13-7-14-22-27/h5-24H,1-4H3. The van der Waals surface area contributed by atoms with Crippen molar-refractivity contribution in [2.75, 3.05) is 28.4 Å². The van der Waals surface area contributed by atoms with Gasteiger partial charge >= 0.3 is 23.9 Å². The second kappa shape index (κ2) is 14.9. The molecule has 8 nitrogen and oxygen atoms in total. The quantitative estimate of drug-likeness (QED) is 0.122. The van der Waals surface area contributed by atoms with Gasteiger partial charge in [0.2, 0.25) is 0 Å². The monoisotopic (exact) mass is 640 g/mol. The van der Waals surface area contributed by atoms with E-state index >= 15 is 0 Å². The number of methoxy groups -OCH3 is 4. The van der Waals surface area contributed by atoms with Crippen LogP contribution >= 0.6 is 0 Å². The highest BCUT2D eigenvalue weighted by Crippen LogP contribution is 2.57. The summed E-state index contributed by atoms with van der Waals surface area (Å²) in [7, 11) is 4.98. The van der Waals surface area contributed by atoms with E-state index in [0.717, 1.165) is 0 Å². The first-order chi connectivity index (χ1) is 23.4. The van der Waals surface area contributed by atoms with Gasteiger partial charge in [-0.3, -0.25) is 0 Å². The highest BCUT2D eigenvalue weighted by Gasteiger charge is 2.46. The van der Waals surface area contributed by atoms with Crippen molar-refractivity contribution < 1.29 is 38.1 Å². The molecule has 0 aliphatic heterocycles. The first kappa shape index (κ1) is 33.1. The molecule has 0 bridgehead atoms. The molecule has 0 aromatic heterocycles. The molecule has 0 atom stereocenters. The summed E-state index contributed by atoms with van der Waals surface area (Å²) in [6.45, 7) is 0. The molecule has 0 spiro atoms. The molecule has 1 aliphatic carbocycles. The fourth-order valence-corrected chi connectivity index (χ4v) is 5.72. The van der Waals surface area contributed by atoms with Gasteiger partial charge in [-0.05, 0) is 22.3 Å². The second-order valence-corrected chi connectivity index (χ2v) is 10.4. The Kier molecular flexibility index (Phi) is 10.3. The van der Waals surface area contributed by atoms with Crippen LogP contribution in [0.25, 0.3) is 22.3 Å². The lowest BCUT2D eigenvalue weighted by atomic mass is 9.64. The lowest BCUT2D eigenvalue weighted by Gasteiger charge is -2.37. The van der Waals surface area contributed by atoms with Crippen LogP contribution in [-0.2, 0) is 38.1 Å². The Labute approximate surface area is 278 Å². The van der Waals surface area contributed by atoms with Crippen LogP contribution in [0.3, 0.4) is 0 Å². The molecule has 0 saturated heterocycles. The van der Waals surface area contributed by atoms with Gasteiger partial charge in [0.1, 0.15) is 0 Å². The fourth-order valence-electron chi connectivity index (χ4n) is 5.72. The summed E-state index contributed by atoms with van der Waals surface area (Å²) < 4.78 is 21.3. The number of hydrogen-bond acceptors (Lipinski definition) is 8. The Bertz CT molecular complexity index is 1680. The van der Waals surface area contributed by atoms with Gasteiger partial charge in [0.25, 0.3) is 0 Å². The maximum Gasteiger partial charge on any atom is 0.339 e. The van der Waals surface area contributed by atoms with Gasteiger partial charge in [-0.2, -0.15) is 0 Å². The Morgan fingerprint density at radius 1 is 0.312 bits per heavy atom. The van der Waals surface area contributed by atoms with E-state index in [1.54, 1.807) is 121 Å². The number of carbonyl (C=O) groups excluding carboxylic acids is 4. The summed E-state index contributed by atoms with van der Waals surface area (Å²) in [4.78, 5) is 55.6. The first-order valence-electron chi connectivity index (χ1n) is 14.9. The van der Waals surface area contributed by atoms with E-state index in [-0.39, 0.29) is 44.6 Å². The molecule has 0 N–H and O–H groups in total. The van der Waals surface area contributed by atoms with Crippen molar-refractivity contribution in [1.82, 2.24) is 0 Å². The minimum Gasteiger partial charge on any atom is -0.465 e. The zero-order valence-electron chi connectivity index (χ0n) is 26.8. The summed E-state index contributed by atoms with van der Waals surface area (Å²) in [5.41, 5.74) is 2.76. The van der Waals surface area contributed by atoms with Crippen LogP contribution in [-0.4, -0.2) is 52.3 Å². The van der Waals surface area contributed by atoms with Crippen molar-refractivity contribution >= 4 is 46.2 Å². The van der Waals surface area contributed by atoms with Gasteiger partial charge in [-0.15, -0.1) is 0 Å². The Morgan fingerprint density at radius 3 is 0.625 bits per heavy atom. The molecule has 0 unspecified atom stereocenters. The van der Waals surface area contributed by atoms with Crippen molar-refractivity contribution in [3.63, 3.8) is 0 Å². The largest absolute Gasteiger partial charge is 0.465 e. The topological polar surface area (TPSA) is 105 Å². The lowest BCUT2D eigenvalue weighted by Crippen LogP contribution is -2.28. The average Bonchev–Trinajstić information content (AvgIpc) is 3.15. The zero-order chi connectivity index (χ0) is 34.2. The van der Waals surface area contributed by atoms with Crippen LogP contribution in [0, 0.1) is 0 Å². The van der Waals surface area contributed by atoms with Gasteiger partial charge in [0, 0.05) is 22.3 Å². The third-order valence-corrected chi connectivity index (χ3v) is 7.81. The van der Waals surface area contributed by atoms with Crippen molar-refractivity contribution in [2.24, 2.45) is 0 Å². The van der Waals surface area contributed by atoms with Crippen molar-refractivity contribution in [2.45, 2.75) is 0 Å². The fraction of sp³-hybridized carbons (Fsp3) is 0.100. The molecule has 1 fully saturated rings. The molecule has 4 aromatic rings. The molecule has 0 heterocycles. The average molecular weight is 641 g/mol. The van der Waals surface area contributed by atoms with Crippen LogP contribution in [0.2, 0.25) is 0 Å². The predicted molar refractivity (Wildman–Crippen MR) is 182 cm³/mol. The molecule has 1 aliphatic rings. The first-order valence-corrected chi connectivity index (χ1v) is 14.9. The molecule has 0 amide bonds. The van der Waals surface area contributed by atoms with Crippen LogP contribution in [0.5, 0.6) is 0 Å². The van der Waals surface area contributed by atoms with E-state index in [1.807, 2.05) is 0 Å². The molecule has 0 radical (unpaired) electrons. The molecule has 4 aromatic carbocycles. The number of carbonyl (C=O) groups is 4. The smallest absolute Gasteiger partial charge is 0.339 e. The van der Waals surface area contributed by atoms with Crippen LogP contribution in [0.4, 0.5) is 0 Å². The van der Waals surface area contributed by atoms with E-state index in [9.17, 15) is 19.2 Å². The third kappa shape index (κ3) is 6.24. The van der Waals surface area contributed by atoms with E-state index < -0.39 is 23.9 Å². The van der Waals surface area contributed by atoms with E-state index in [4.69, 9.17) is 18.9 Å². The molecule has 48 heavy (non-hydrogen) atoms. The Hall–Kier alpha value is -6.28. The minimum atomic E-state index is -0.737. The summed E-state index contributed by atoms with van der Waals surface area (Å²) in [5.74, 6) is -2.95. The van der Waals surface area contributed by atoms with Crippen molar-refractivity contribution in [3.8, 4) is 0 Å². The van der Waals surface area contributed by atoms with Crippen LogP contribution in [0.1, 0.15) is 22.3 Å². The van der Waals surface area contributed by atoms with E-state index in [0.29, 0.717) is 22.3 Å². The Morgan fingerprint density at radius 2 is 0.479 bits per heavy atom. The lowest BCUT2D eigenvalue weighted by molar-refractivity contribution is -0.134. The third-order valence-electron chi connectivity index (χ3n) is 7.81. The SMILES string of the molecule is COC(=O)C(=C1C(=C(C(=O)OC)c2ccccc2)C(=C(C(=O)OC)c2ccccc2)C1=C(C(=O)OC)c1ccccc1)c1ccccc1. The molecule has 5 rings (SSSR count). The highest BCUT2D eigenvalue weighted by atomic mass is 16.5. The van der Waals surface area contributed by atoms with E-state index in [1.165, 1.54) is 28.4 Å². The van der Waals surface area contributed by atoms with E-state index in [2.05, 4.69) is 0 Å². The number of hydrogen-bond donors (Lipinski definition) is 0. The van der Waals surface area contributed by atoms with Gasteiger partial charge in [-0.1, -0.05) is 121 Å². The van der Waals surface area contributed by atoms with Gasteiger partial charge in [0.05, 0.1) is 50.7 Å².